The highest BCUT2D eigenvalue weighted by Gasteiger charge is 2.29. The predicted octanol–water partition coefficient (Wildman–Crippen LogP) is 4.45. The van der Waals surface area contributed by atoms with Crippen LogP contribution in [-0.4, -0.2) is 17.1 Å². The third kappa shape index (κ3) is 2.47. The normalized spacial score (nSPS) is 14.5. The largest absolute Gasteiger partial charge is 0.496 e. The number of nitrogens with zero attached hydrogens (tertiary/aromatic N) is 2. The molecule has 0 bridgehead atoms. The Bertz CT molecular complexity index is 629. The van der Waals surface area contributed by atoms with E-state index in [1.165, 1.54) is 0 Å². The van der Waals surface area contributed by atoms with Gasteiger partial charge in [-0.15, -0.1) is 0 Å². The number of methoxy groups -OCH3 is 1. The molecule has 5 heteroatoms. The SMILES string of the molecule is COc1ccccc1-c1nc(Cl)c(Br)c(C2CC2)n1. The zero-order valence-corrected chi connectivity index (χ0v) is 12.7. The number of para-hydroxylation sites is 1. The van der Waals surface area contributed by atoms with Gasteiger partial charge in [0.15, 0.2) is 5.82 Å². The molecule has 0 unspecified atom stereocenters. The fourth-order valence-electron chi connectivity index (χ4n) is 2.01. The van der Waals surface area contributed by atoms with E-state index in [0.717, 1.165) is 34.3 Å². The lowest BCUT2D eigenvalue weighted by Crippen LogP contribution is -1.98. The van der Waals surface area contributed by atoms with Gasteiger partial charge in [0.05, 0.1) is 22.8 Å². The minimum Gasteiger partial charge on any atom is -0.496 e. The molecule has 1 heterocycles. The zero-order chi connectivity index (χ0) is 13.4. The lowest BCUT2D eigenvalue weighted by Gasteiger charge is -2.10. The molecule has 0 amide bonds. The molecule has 1 saturated carbocycles. The Balaban J connectivity index is 2.14. The molecule has 3 nitrogen and oxygen atoms in total. The van der Waals surface area contributed by atoms with Crippen molar-refractivity contribution in [1.82, 2.24) is 9.97 Å². The highest BCUT2D eigenvalue weighted by atomic mass is 79.9. The summed E-state index contributed by atoms with van der Waals surface area (Å²) in [6, 6.07) is 7.69. The first-order chi connectivity index (χ1) is 9.20. The standard InChI is InChI=1S/C14H12BrClN2O/c1-19-10-5-3-2-4-9(10)14-17-12(8-6-7-8)11(15)13(16)18-14/h2-5,8H,6-7H2,1H3. The van der Waals surface area contributed by atoms with Gasteiger partial charge >= 0.3 is 0 Å². The second-order valence-electron chi connectivity index (χ2n) is 4.51. The van der Waals surface area contributed by atoms with Gasteiger partial charge in [-0.25, -0.2) is 9.97 Å². The zero-order valence-electron chi connectivity index (χ0n) is 10.4. The van der Waals surface area contributed by atoms with Crippen molar-refractivity contribution in [3.8, 4) is 17.1 Å². The molecule has 3 rings (SSSR count). The van der Waals surface area contributed by atoms with E-state index in [2.05, 4.69) is 25.9 Å². The molecule has 19 heavy (non-hydrogen) atoms. The Morgan fingerprint density at radius 2 is 2.00 bits per heavy atom. The minimum absolute atomic E-state index is 0.456. The van der Waals surface area contributed by atoms with E-state index in [4.69, 9.17) is 16.3 Å². The lowest BCUT2D eigenvalue weighted by molar-refractivity contribution is 0.416. The predicted molar refractivity (Wildman–Crippen MR) is 78.7 cm³/mol. The minimum atomic E-state index is 0.456. The third-order valence-corrected chi connectivity index (χ3v) is 4.43. The second-order valence-corrected chi connectivity index (χ2v) is 5.66. The molecule has 1 aliphatic carbocycles. The number of hydrogen-bond acceptors (Lipinski definition) is 3. The molecule has 1 aromatic carbocycles. The maximum atomic E-state index is 6.20. The summed E-state index contributed by atoms with van der Waals surface area (Å²) in [5.41, 5.74) is 1.86. The fourth-order valence-corrected chi connectivity index (χ4v) is 2.69. The van der Waals surface area contributed by atoms with E-state index in [9.17, 15) is 0 Å². The second kappa shape index (κ2) is 5.10. The van der Waals surface area contributed by atoms with Crippen molar-refractivity contribution in [2.75, 3.05) is 7.11 Å². The van der Waals surface area contributed by atoms with Crippen LogP contribution in [-0.2, 0) is 0 Å². The summed E-state index contributed by atoms with van der Waals surface area (Å²) in [7, 11) is 1.64. The Labute approximate surface area is 125 Å². The fraction of sp³-hybridized carbons (Fsp3) is 0.286. The Morgan fingerprint density at radius 1 is 1.26 bits per heavy atom. The lowest BCUT2D eigenvalue weighted by atomic mass is 10.1. The van der Waals surface area contributed by atoms with Gasteiger partial charge in [0, 0.05) is 5.92 Å². The van der Waals surface area contributed by atoms with Crippen LogP contribution in [0.2, 0.25) is 5.15 Å². The van der Waals surface area contributed by atoms with Gasteiger partial charge in [-0.1, -0.05) is 23.7 Å². The van der Waals surface area contributed by atoms with Crippen LogP contribution in [0, 0.1) is 0 Å². The average Bonchev–Trinajstić information content (AvgIpc) is 3.26. The molecular formula is C14H12BrClN2O. The molecule has 98 valence electrons. The highest BCUT2D eigenvalue weighted by Crippen LogP contribution is 2.44. The highest BCUT2D eigenvalue weighted by molar-refractivity contribution is 9.10. The van der Waals surface area contributed by atoms with Crippen molar-refractivity contribution in [2.24, 2.45) is 0 Å². The molecule has 0 spiro atoms. The van der Waals surface area contributed by atoms with E-state index < -0.39 is 0 Å². The monoisotopic (exact) mass is 338 g/mol. The van der Waals surface area contributed by atoms with Crippen LogP contribution in [0.1, 0.15) is 24.5 Å². The van der Waals surface area contributed by atoms with E-state index in [0.29, 0.717) is 16.9 Å². The summed E-state index contributed by atoms with van der Waals surface area (Å²) < 4.78 is 6.17. The summed E-state index contributed by atoms with van der Waals surface area (Å²) in [5, 5.41) is 0.456. The number of ether oxygens (including phenoxy) is 1. The number of halogens is 2. The van der Waals surface area contributed by atoms with Crippen molar-refractivity contribution in [3.05, 3.63) is 39.6 Å². The van der Waals surface area contributed by atoms with Crippen LogP contribution < -0.4 is 4.74 Å². The van der Waals surface area contributed by atoms with E-state index in [-0.39, 0.29) is 0 Å². The number of benzene rings is 1. The molecular weight excluding hydrogens is 328 g/mol. The number of aromatic nitrogens is 2. The van der Waals surface area contributed by atoms with Crippen LogP contribution >= 0.6 is 27.5 Å². The maximum Gasteiger partial charge on any atom is 0.164 e. The van der Waals surface area contributed by atoms with Gasteiger partial charge in [0.2, 0.25) is 0 Å². The van der Waals surface area contributed by atoms with Crippen LogP contribution in [0.25, 0.3) is 11.4 Å². The molecule has 1 fully saturated rings. The third-order valence-electron chi connectivity index (χ3n) is 3.15. The van der Waals surface area contributed by atoms with Gasteiger partial charge < -0.3 is 4.74 Å². The van der Waals surface area contributed by atoms with Gasteiger partial charge in [-0.3, -0.25) is 0 Å². The molecule has 1 aliphatic rings. The topological polar surface area (TPSA) is 35.0 Å². The van der Waals surface area contributed by atoms with Crippen LogP contribution in [0.4, 0.5) is 0 Å². The van der Waals surface area contributed by atoms with Crippen molar-refractivity contribution in [2.45, 2.75) is 18.8 Å². The first-order valence-corrected chi connectivity index (χ1v) is 7.24. The molecule has 1 aromatic heterocycles. The first-order valence-electron chi connectivity index (χ1n) is 6.07. The van der Waals surface area contributed by atoms with Gasteiger partial charge in [-0.05, 0) is 40.9 Å². The summed E-state index contributed by atoms with van der Waals surface area (Å²) in [4.78, 5) is 9.00. The van der Waals surface area contributed by atoms with Crippen molar-refractivity contribution >= 4 is 27.5 Å². The quantitative estimate of drug-likeness (QED) is 0.775. The summed E-state index contributed by atoms with van der Waals surface area (Å²) in [5.74, 6) is 1.87. The summed E-state index contributed by atoms with van der Waals surface area (Å²) >= 11 is 9.67. The average molecular weight is 340 g/mol. The van der Waals surface area contributed by atoms with E-state index in [1.54, 1.807) is 7.11 Å². The first kappa shape index (κ1) is 12.9. The van der Waals surface area contributed by atoms with Crippen molar-refractivity contribution in [1.29, 1.82) is 0 Å². The molecule has 2 aromatic rings. The molecule has 0 saturated heterocycles. The molecule has 0 atom stereocenters. The Morgan fingerprint density at radius 3 is 2.68 bits per heavy atom. The van der Waals surface area contributed by atoms with Crippen LogP contribution in [0.5, 0.6) is 5.75 Å². The van der Waals surface area contributed by atoms with Crippen LogP contribution in [0.15, 0.2) is 28.7 Å². The Hall–Kier alpha value is -1.13. The molecule has 0 aliphatic heterocycles. The van der Waals surface area contributed by atoms with Crippen LogP contribution in [0.3, 0.4) is 0 Å². The smallest absolute Gasteiger partial charge is 0.164 e. The summed E-state index contributed by atoms with van der Waals surface area (Å²) in [6.07, 6.45) is 2.33. The Kier molecular flexibility index (Phi) is 3.46. The maximum absolute atomic E-state index is 6.20. The summed E-state index contributed by atoms with van der Waals surface area (Å²) in [6.45, 7) is 0. The molecule has 0 N–H and O–H groups in total. The van der Waals surface area contributed by atoms with Gasteiger partial charge in [0.25, 0.3) is 0 Å². The van der Waals surface area contributed by atoms with Gasteiger partial charge in [0.1, 0.15) is 10.9 Å². The molecule has 0 radical (unpaired) electrons. The van der Waals surface area contributed by atoms with Crippen molar-refractivity contribution < 1.29 is 4.74 Å². The van der Waals surface area contributed by atoms with E-state index in [1.807, 2.05) is 24.3 Å². The number of rotatable bonds is 3. The number of hydrogen-bond donors (Lipinski definition) is 0. The van der Waals surface area contributed by atoms with Crippen molar-refractivity contribution in [3.63, 3.8) is 0 Å². The van der Waals surface area contributed by atoms with Gasteiger partial charge in [-0.2, -0.15) is 0 Å². The van der Waals surface area contributed by atoms with E-state index >= 15 is 0 Å².